The minimum Gasteiger partial charge on any atom is -0.444 e. The highest BCUT2D eigenvalue weighted by Gasteiger charge is 2.34. The number of carbonyl (C=O) groups excluding carboxylic acids is 1. The molecule has 0 aromatic heterocycles. The highest BCUT2D eigenvalue weighted by Crippen LogP contribution is 2.31. The van der Waals surface area contributed by atoms with Crippen LogP contribution in [0.3, 0.4) is 0 Å². The smallest absolute Gasteiger partial charge is 0.410 e. The predicted octanol–water partition coefficient (Wildman–Crippen LogP) is 2.75. The van der Waals surface area contributed by atoms with Crippen LogP contribution < -0.4 is 10.6 Å². The van der Waals surface area contributed by atoms with Crippen LogP contribution in [0, 0.1) is 5.92 Å². The molecule has 3 unspecified atom stereocenters. The van der Waals surface area contributed by atoms with Gasteiger partial charge >= 0.3 is 6.09 Å². The minimum absolute atomic E-state index is 0.206. The van der Waals surface area contributed by atoms with Gasteiger partial charge in [0.25, 0.3) is 0 Å². The molecule has 5 nitrogen and oxygen atoms in total. The molecule has 2 rings (SSSR count). The second kappa shape index (κ2) is 8.34. The number of amides is 1. The molecular weight excluding hydrogens is 290 g/mol. The van der Waals surface area contributed by atoms with E-state index in [1.807, 2.05) is 27.7 Å². The van der Waals surface area contributed by atoms with Gasteiger partial charge in [0.15, 0.2) is 0 Å². The van der Waals surface area contributed by atoms with Crippen LogP contribution in [0.4, 0.5) is 4.79 Å². The molecule has 134 valence electrons. The lowest BCUT2D eigenvalue weighted by Gasteiger charge is -2.29. The largest absolute Gasteiger partial charge is 0.444 e. The van der Waals surface area contributed by atoms with Crippen LogP contribution in [0.25, 0.3) is 0 Å². The van der Waals surface area contributed by atoms with Gasteiger partial charge in [0.2, 0.25) is 0 Å². The van der Waals surface area contributed by atoms with Crippen molar-refractivity contribution in [3.63, 3.8) is 0 Å². The summed E-state index contributed by atoms with van der Waals surface area (Å²) in [6.45, 7) is 11.2. The molecule has 2 aliphatic rings. The van der Waals surface area contributed by atoms with E-state index in [2.05, 4.69) is 10.6 Å². The fraction of sp³-hybridized carbons (Fsp3) is 0.944. The van der Waals surface area contributed by atoms with Gasteiger partial charge in [-0.15, -0.1) is 0 Å². The van der Waals surface area contributed by atoms with Gasteiger partial charge in [-0.05, 0) is 65.8 Å². The van der Waals surface area contributed by atoms with Gasteiger partial charge < -0.3 is 20.3 Å². The Labute approximate surface area is 141 Å². The van der Waals surface area contributed by atoms with E-state index < -0.39 is 5.60 Å². The monoisotopic (exact) mass is 325 g/mol. The van der Waals surface area contributed by atoms with Crippen molar-refractivity contribution in [1.29, 1.82) is 0 Å². The molecule has 3 atom stereocenters. The Morgan fingerprint density at radius 1 is 1.26 bits per heavy atom. The molecule has 0 spiro atoms. The van der Waals surface area contributed by atoms with Gasteiger partial charge in [-0.2, -0.15) is 0 Å². The highest BCUT2D eigenvalue weighted by atomic mass is 16.6. The number of carbonyl (C=O) groups is 1. The van der Waals surface area contributed by atoms with Crippen LogP contribution >= 0.6 is 0 Å². The summed E-state index contributed by atoms with van der Waals surface area (Å²) in [5.74, 6) is 0.758. The first-order valence-corrected chi connectivity index (χ1v) is 9.35. The van der Waals surface area contributed by atoms with Crippen molar-refractivity contribution in [2.45, 2.75) is 77.5 Å². The second-order valence-electron chi connectivity index (χ2n) is 7.92. The van der Waals surface area contributed by atoms with Gasteiger partial charge in [-0.25, -0.2) is 4.79 Å². The molecule has 1 aliphatic carbocycles. The summed E-state index contributed by atoms with van der Waals surface area (Å²) in [5, 5.41) is 7.36. The van der Waals surface area contributed by atoms with Crippen LogP contribution in [0.1, 0.15) is 59.8 Å². The first-order valence-electron chi connectivity index (χ1n) is 9.35. The molecule has 1 saturated carbocycles. The maximum absolute atomic E-state index is 12.2. The predicted molar refractivity (Wildman–Crippen MR) is 93.6 cm³/mol. The van der Waals surface area contributed by atoms with Crippen molar-refractivity contribution in [3.05, 3.63) is 0 Å². The fourth-order valence-corrected chi connectivity index (χ4v) is 3.89. The summed E-state index contributed by atoms with van der Waals surface area (Å²) in [5.41, 5.74) is -0.428. The molecule has 1 heterocycles. The molecule has 0 bridgehead atoms. The van der Waals surface area contributed by atoms with Gasteiger partial charge in [-0.1, -0.05) is 6.42 Å². The molecule has 1 saturated heterocycles. The summed E-state index contributed by atoms with van der Waals surface area (Å²) in [6.07, 6.45) is 6.35. The van der Waals surface area contributed by atoms with Crippen molar-refractivity contribution in [2.24, 2.45) is 5.92 Å². The molecule has 1 amide bonds. The van der Waals surface area contributed by atoms with Crippen molar-refractivity contribution in [1.82, 2.24) is 15.5 Å². The SMILES string of the molecule is CCN(CCNC1CCCC1C1CCCN1)C(=O)OC(C)(C)C. The minimum atomic E-state index is -0.428. The quantitative estimate of drug-likeness (QED) is 0.788. The van der Waals surface area contributed by atoms with E-state index in [4.69, 9.17) is 4.74 Å². The molecule has 2 N–H and O–H groups in total. The number of rotatable bonds is 6. The average Bonchev–Trinajstić information content (AvgIpc) is 3.11. The van der Waals surface area contributed by atoms with Crippen LogP contribution in [0.15, 0.2) is 0 Å². The summed E-state index contributed by atoms with van der Waals surface area (Å²) < 4.78 is 5.46. The van der Waals surface area contributed by atoms with Crippen LogP contribution in [0.2, 0.25) is 0 Å². The average molecular weight is 325 g/mol. The fourth-order valence-electron chi connectivity index (χ4n) is 3.89. The molecule has 1 aliphatic heterocycles. The lowest BCUT2D eigenvalue weighted by molar-refractivity contribution is 0.0260. The Balaban J connectivity index is 1.75. The number of hydrogen-bond donors (Lipinski definition) is 2. The van der Waals surface area contributed by atoms with Crippen molar-refractivity contribution < 1.29 is 9.53 Å². The van der Waals surface area contributed by atoms with Crippen molar-refractivity contribution >= 4 is 6.09 Å². The maximum Gasteiger partial charge on any atom is 0.410 e. The van der Waals surface area contributed by atoms with Crippen LogP contribution in [-0.4, -0.2) is 54.9 Å². The summed E-state index contributed by atoms with van der Waals surface area (Å²) in [7, 11) is 0. The number of nitrogens with zero attached hydrogens (tertiary/aromatic N) is 1. The molecule has 0 aromatic carbocycles. The van der Waals surface area contributed by atoms with Gasteiger partial charge in [0.05, 0.1) is 0 Å². The van der Waals surface area contributed by atoms with Crippen molar-refractivity contribution in [3.8, 4) is 0 Å². The Hall–Kier alpha value is -0.810. The number of hydrogen-bond acceptors (Lipinski definition) is 4. The van der Waals surface area contributed by atoms with E-state index in [-0.39, 0.29) is 6.09 Å². The normalized spacial score (nSPS) is 28.1. The van der Waals surface area contributed by atoms with Gasteiger partial charge in [0, 0.05) is 31.7 Å². The van der Waals surface area contributed by atoms with E-state index in [0.29, 0.717) is 25.2 Å². The zero-order valence-electron chi connectivity index (χ0n) is 15.4. The molecular formula is C18H35N3O2. The standard InChI is InChI=1S/C18H35N3O2/c1-5-21(17(22)23-18(2,3)4)13-12-20-15-9-6-8-14(15)16-10-7-11-19-16/h14-16,19-20H,5-13H2,1-4H3. The number of likely N-dealkylation sites (N-methyl/N-ethyl adjacent to an activating group) is 1. The van der Waals surface area contributed by atoms with E-state index in [0.717, 1.165) is 12.5 Å². The number of ether oxygens (including phenoxy) is 1. The Morgan fingerprint density at radius 3 is 2.65 bits per heavy atom. The van der Waals surface area contributed by atoms with Crippen LogP contribution in [0.5, 0.6) is 0 Å². The van der Waals surface area contributed by atoms with Gasteiger partial charge in [-0.3, -0.25) is 0 Å². The topological polar surface area (TPSA) is 53.6 Å². The van der Waals surface area contributed by atoms with E-state index in [1.165, 1.54) is 38.6 Å². The first-order chi connectivity index (χ1) is 10.9. The van der Waals surface area contributed by atoms with E-state index in [9.17, 15) is 4.79 Å². The molecule has 2 fully saturated rings. The highest BCUT2D eigenvalue weighted by molar-refractivity contribution is 5.68. The lowest BCUT2D eigenvalue weighted by Crippen LogP contribution is -2.46. The first kappa shape index (κ1) is 18.5. The second-order valence-corrected chi connectivity index (χ2v) is 7.92. The number of nitrogens with one attached hydrogen (secondary N) is 2. The third-order valence-corrected chi connectivity index (χ3v) is 5.01. The third-order valence-electron chi connectivity index (χ3n) is 5.01. The Kier molecular flexibility index (Phi) is 6.72. The third kappa shape index (κ3) is 5.64. The Morgan fingerprint density at radius 2 is 2.04 bits per heavy atom. The molecule has 0 aromatic rings. The van der Waals surface area contributed by atoms with Gasteiger partial charge in [0.1, 0.15) is 5.60 Å². The zero-order valence-corrected chi connectivity index (χ0v) is 15.4. The summed E-state index contributed by atoms with van der Waals surface area (Å²) in [4.78, 5) is 13.9. The maximum atomic E-state index is 12.2. The van der Waals surface area contributed by atoms with E-state index >= 15 is 0 Å². The van der Waals surface area contributed by atoms with Crippen molar-refractivity contribution in [2.75, 3.05) is 26.2 Å². The molecule has 5 heteroatoms. The summed E-state index contributed by atoms with van der Waals surface area (Å²) >= 11 is 0. The van der Waals surface area contributed by atoms with Crippen LogP contribution in [-0.2, 0) is 4.74 Å². The molecule has 23 heavy (non-hydrogen) atoms. The summed E-state index contributed by atoms with van der Waals surface area (Å²) in [6, 6.07) is 1.30. The lowest BCUT2D eigenvalue weighted by atomic mass is 9.93. The Bertz CT molecular complexity index is 375. The zero-order chi connectivity index (χ0) is 16.9. The van der Waals surface area contributed by atoms with E-state index in [1.54, 1.807) is 4.90 Å². The molecule has 0 radical (unpaired) electrons.